The van der Waals surface area contributed by atoms with Gasteiger partial charge in [0.1, 0.15) is 5.75 Å². The van der Waals surface area contributed by atoms with Crippen molar-refractivity contribution in [3.05, 3.63) is 53.6 Å². The fourth-order valence-corrected chi connectivity index (χ4v) is 4.13. The molecule has 0 unspecified atom stereocenters. The predicted molar refractivity (Wildman–Crippen MR) is 118 cm³/mol. The highest BCUT2D eigenvalue weighted by Gasteiger charge is 2.20. The minimum Gasteiger partial charge on any atom is -0.495 e. The Kier molecular flexibility index (Phi) is 9.14. The molecule has 30 heavy (non-hydrogen) atoms. The zero-order valence-corrected chi connectivity index (χ0v) is 18.6. The topological polar surface area (TPSA) is 93.7 Å². The molecule has 2 N–H and O–H groups in total. The first kappa shape index (κ1) is 23.7. The van der Waals surface area contributed by atoms with Crippen molar-refractivity contribution in [2.45, 2.75) is 38.0 Å². The summed E-state index contributed by atoms with van der Waals surface area (Å²) in [6, 6.07) is 11.4. The molecule has 8 heteroatoms. The molecule has 0 radical (unpaired) electrons. The number of benzene rings is 2. The second-order valence-corrected chi connectivity index (χ2v) is 8.51. The number of aryl methyl sites for hydroxylation is 1. The van der Waals surface area contributed by atoms with Crippen LogP contribution in [0, 0.1) is 6.92 Å². The van der Waals surface area contributed by atoms with Gasteiger partial charge in [0, 0.05) is 25.3 Å². The number of sulfonamides is 1. The van der Waals surface area contributed by atoms with Gasteiger partial charge >= 0.3 is 0 Å². The Morgan fingerprint density at radius 2 is 1.80 bits per heavy atom. The molecule has 2 rings (SSSR count). The summed E-state index contributed by atoms with van der Waals surface area (Å²) in [4.78, 5) is 12.5. The van der Waals surface area contributed by atoms with Crippen LogP contribution in [0.15, 0.2) is 47.4 Å². The first-order valence-corrected chi connectivity index (χ1v) is 11.5. The van der Waals surface area contributed by atoms with E-state index in [1.165, 1.54) is 13.2 Å². The van der Waals surface area contributed by atoms with Crippen LogP contribution in [0.1, 0.15) is 42.1 Å². The third kappa shape index (κ3) is 6.74. The zero-order valence-electron chi connectivity index (χ0n) is 17.7. The molecule has 0 bridgehead atoms. The minimum absolute atomic E-state index is 0.0453. The smallest absolute Gasteiger partial charge is 0.262 e. The largest absolute Gasteiger partial charge is 0.495 e. The maximum Gasteiger partial charge on any atom is 0.262 e. The molecule has 1 amide bonds. The number of carbonyl (C=O) groups excluding carboxylic acids is 1. The Balaban J connectivity index is 2.05. The highest BCUT2D eigenvalue weighted by atomic mass is 32.2. The van der Waals surface area contributed by atoms with E-state index in [-0.39, 0.29) is 16.4 Å². The lowest BCUT2D eigenvalue weighted by Crippen LogP contribution is -2.26. The number of unbranched alkanes of at least 4 members (excludes halogenated alkanes) is 1. The molecule has 2 aromatic rings. The molecule has 164 valence electrons. The quantitative estimate of drug-likeness (QED) is 0.496. The standard InChI is InChI=1S/C22H30N2O5S/c1-4-5-14-29-15-8-13-23-22(25)18-12-11-17(2)21(16-18)30(26,27)24-19-9-6-7-10-20(19)28-3/h6-7,9-12,16,24H,4-5,8,13-15H2,1-3H3,(H,23,25). The molecule has 0 aliphatic rings. The fraction of sp³-hybridized carbons (Fsp3) is 0.409. The number of ether oxygens (including phenoxy) is 2. The van der Waals surface area contributed by atoms with Gasteiger partial charge in [0.05, 0.1) is 17.7 Å². The number of amides is 1. The Hall–Kier alpha value is -2.58. The molecular formula is C22H30N2O5S. The summed E-state index contributed by atoms with van der Waals surface area (Å²) in [7, 11) is -2.43. The second kappa shape index (κ2) is 11.6. The molecular weight excluding hydrogens is 404 g/mol. The van der Waals surface area contributed by atoms with E-state index in [9.17, 15) is 13.2 Å². The third-order valence-electron chi connectivity index (χ3n) is 4.48. The average molecular weight is 435 g/mol. The van der Waals surface area contributed by atoms with Crippen molar-refractivity contribution < 1.29 is 22.7 Å². The van der Waals surface area contributed by atoms with E-state index in [1.807, 2.05) is 0 Å². The molecule has 0 heterocycles. The van der Waals surface area contributed by atoms with E-state index in [0.717, 1.165) is 19.4 Å². The van der Waals surface area contributed by atoms with Crippen LogP contribution >= 0.6 is 0 Å². The van der Waals surface area contributed by atoms with E-state index in [0.29, 0.717) is 36.6 Å². The number of rotatable bonds is 12. The molecule has 0 atom stereocenters. The number of carbonyl (C=O) groups is 1. The fourth-order valence-electron chi connectivity index (χ4n) is 2.79. The van der Waals surface area contributed by atoms with Gasteiger partial charge in [0.2, 0.25) is 0 Å². The third-order valence-corrected chi connectivity index (χ3v) is 5.99. The van der Waals surface area contributed by atoms with Crippen LogP contribution < -0.4 is 14.8 Å². The molecule has 0 fully saturated rings. The van der Waals surface area contributed by atoms with Gasteiger partial charge in [-0.15, -0.1) is 0 Å². The maximum atomic E-state index is 12.9. The number of hydrogen-bond donors (Lipinski definition) is 2. The molecule has 0 saturated heterocycles. The van der Waals surface area contributed by atoms with Gasteiger partial charge in [-0.2, -0.15) is 0 Å². The summed E-state index contributed by atoms with van der Waals surface area (Å²) in [5.74, 6) is 0.0890. The predicted octanol–water partition coefficient (Wildman–Crippen LogP) is 3.74. The Morgan fingerprint density at radius 1 is 1.07 bits per heavy atom. The number of para-hydroxylation sites is 2. The van der Waals surface area contributed by atoms with Crippen molar-refractivity contribution in [1.82, 2.24) is 5.32 Å². The molecule has 7 nitrogen and oxygen atoms in total. The van der Waals surface area contributed by atoms with E-state index < -0.39 is 10.0 Å². The number of hydrogen-bond acceptors (Lipinski definition) is 5. The molecule has 0 aliphatic heterocycles. The highest BCUT2D eigenvalue weighted by Crippen LogP contribution is 2.27. The number of nitrogens with one attached hydrogen (secondary N) is 2. The van der Waals surface area contributed by atoms with Crippen LogP contribution in [0.4, 0.5) is 5.69 Å². The van der Waals surface area contributed by atoms with Crippen molar-refractivity contribution in [3.63, 3.8) is 0 Å². The average Bonchev–Trinajstić information content (AvgIpc) is 2.73. The van der Waals surface area contributed by atoms with Crippen molar-refractivity contribution in [2.75, 3.05) is 31.6 Å². The number of methoxy groups -OCH3 is 1. The molecule has 0 saturated carbocycles. The van der Waals surface area contributed by atoms with Crippen LogP contribution in [0.25, 0.3) is 0 Å². The highest BCUT2D eigenvalue weighted by molar-refractivity contribution is 7.92. The van der Waals surface area contributed by atoms with Gasteiger partial charge in [-0.05, 0) is 49.6 Å². The van der Waals surface area contributed by atoms with E-state index in [2.05, 4.69) is 17.0 Å². The van der Waals surface area contributed by atoms with Crippen LogP contribution in [0.3, 0.4) is 0 Å². The zero-order chi connectivity index (χ0) is 22.0. The van der Waals surface area contributed by atoms with Crippen LogP contribution in [0.2, 0.25) is 0 Å². The van der Waals surface area contributed by atoms with Gasteiger partial charge in [-0.1, -0.05) is 31.5 Å². The summed E-state index contributed by atoms with van der Waals surface area (Å²) in [5.41, 5.74) is 1.16. The monoisotopic (exact) mass is 434 g/mol. The Morgan fingerprint density at radius 3 is 2.53 bits per heavy atom. The maximum absolute atomic E-state index is 12.9. The van der Waals surface area contributed by atoms with Crippen molar-refractivity contribution >= 4 is 21.6 Å². The minimum atomic E-state index is -3.90. The molecule has 0 aliphatic carbocycles. The first-order chi connectivity index (χ1) is 14.4. The van der Waals surface area contributed by atoms with Gasteiger partial charge in [-0.3, -0.25) is 9.52 Å². The Labute approximate surface area is 178 Å². The van der Waals surface area contributed by atoms with Gasteiger partial charge in [0.15, 0.2) is 0 Å². The lowest BCUT2D eigenvalue weighted by Gasteiger charge is -2.14. The normalized spacial score (nSPS) is 11.2. The van der Waals surface area contributed by atoms with Gasteiger partial charge in [0.25, 0.3) is 15.9 Å². The molecule has 2 aromatic carbocycles. The molecule has 0 aromatic heterocycles. The first-order valence-electron chi connectivity index (χ1n) is 10.0. The van der Waals surface area contributed by atoms with Crippen LogP contribution in [-0.2, 0) is 14.8 Å². The van der Waals surface area contributed by atoms with Crippen LogP contribution in [0.5, 0.6) is 5.75 Å². The summed E-state index contributed by atoms with van der Waals surface area (Å²) in [6.07, 6.45) is 2.80. The summed E-state index contributed by atoms with van der Waals surface area (Å²) in [6.45, 7) is 5.55. The lowest BCUT2D eigenvalue weighted by molar-refractivity contribution is 0.0940. The Bertz CT molecular complexity index is 944. The van der Waals surface area contributed by atoms with Crippen molar-refractivity contribution in [2.24, 2.45) is 0 Å². The summed E-state index contributed by atoms with van der Waals surface area (Å²) in [5, 5.41) is 2.80. The summed E-state index contributed by atoms with van der Waals surface area (Å²) >= 11 is 0. The molecule has 0 spiro atoms. The second-order valence-electron chi connectivity index (χ2n) is 6.86. The van der Waals surface area contributed by atoms with E-state index >= 15 is 0 Å². The lowest BCUT2D eigenvalue weighted by atomic mass is 10.1. The van der Waals surface area contributed by atoms with Crippen molar-refractivity contribution in [3.8, 4) is 5.75 Å². The summed E-state index contributed by atoms with van der Waals surface area (Å²) < 4.78 is 39.1. The van der Waals surface area contributed by atoms with E-state index in [4.69, 9.17) is 9.47 Å². The SMILES string of the molecule is CCCCOCCCNC(=O)c1ccc(C)c(S(=O)(=O)Nc2ccccc2OC)c1. The van der Waals surface area contributed by atoms with Gasteiger partial charge in [-0.25, -0.2) is 8.42 Å². The van der Waals surface area contributed by atoms with Crippen molar-refractivity contribution in [1.29, 1.82) is 0 Å². The van der Waals surface area contributed by atoms with E-state index in [1.54, 1.807) is 43.3 Å². The van der Waals surface area contributed by atoms with Crippen LogP contribution in [-0.4, -0.2) is 41.2 Å². The number of anilines is 1. The van der Waals surface area contributed by atoms with Gasteiger partial charge < -0.3 is 14.8 Å².